The minimum absolute atomic E-state index is 0.0291. The second-order valence-corrected chi connectivity index (χ2v) is 9.48. The van der Waals surface area contributed by atoms with Crippen molar-refractivity contribution in [3.05, 3.63) is 106 Å². The predicted octanol–water partition coefficient (Wildman–Crippen LogP) is 6.86. The number of anilines is 1. The van der Waals surface area contributed by atoms with E-state index in [-0.39, 0.29) is 11.7 Å². The summed E-state index contributed by atoms with van der Waals surface area (Å²) in [4.78, 5) is 17.8. The van der Waals surface area contributed by atoms with Crippen LogP contribution in [-0.2, 0) is 0 Å². The molecule has 35 heavy (non-hydrogen) atoms. The molecule has 0 aliphatic carbocycles. The molecule has 1 aromatic heterocycles. The molecule has 0 N–H and O–H groups in total. The Hall–Kier alpha value is -3.28. The van der Waals surface area contributed by atoms with E-state index in [1.165, 1.54) is 12.1 Å². The Kier molecular flexibility index (Phi) is 6.54. The van der Waals surface area contributed by atoms with Gasteiger partial charge in [-0.15, -0.1) is 0 Å². The number of carbonyl (C=O) groups is 1. The van der Waals surface area contributed by atoms with Crippen LogP contribution >= 0.6 is 23.2 Å². The smallest absolute Gasteiger partial charge is 0.255 e. The minimum Gasteiger partial charge on any atom is -0.368 e. The molecule has 1 aliphatic rings. The van der Waals surface area contributed by atoms with Crippen LogP contribution in [0.1, 0.15) is 16.1 Å². The van der Waals surface area contributed by atoms with E-state index in [9.17, 15) is 9.18 Å². The van der Waals surface area contributed by atoms with Crippen LogP contribution in [0.25, 0.3) is 16.9 Å². The van der Waals surface area contributed by atoms with Gasteiger partial charge >= 0.3 is 0 Å². The zero-order valence-corrected chi connectivity index (χ0v) is 20.7. The van der Waals surface area contributed by atoms with Gasteiger partial charge in [-0.2, -0.15) is 0 Å². The van der Waals surface area contributed by atoms with Gasteiger partial charge < -0.3 is 14.4 Å². The Morgan fingerprint density at radius 2 is 1.49 bits per heavy atom. The van der Waals surface area contributed by atoms with Crippen LogP contribution in [0.3, 0.4) is 0 Å². The Morgan fingerprint density at radius 3 is 2.17 bits per heavy atom. The van der Waals surface area contributed by atoms with Crippen molar-refractivity contribution in [2.75, 3.05) is 31.1 Å². The fraction of sp³-hybridized carbons (Fsp3) is 0.179. The highest BCUT2D eigenvalue weighted by Gasteiger charge is 2.27. The van der Waals surface area contributed by atoms with E-state index in [4.69, 9.17) is 23.2 Å². The van der Waals surface area contributed by atoms with Gasteiger partial charge in [0.15, 0.2) is 0 Å². The van der Waals surface area contributed by atoms with E-state index in [0.717, 1.165) is 35.7 Å². The normalized spacial score (nSPS) is 13.8. The molecule has 178 valence electrons. The van der Waals surface area contributed by atoms with Crippen molar-refractivity contribution in [1.29, 1.82) is 0 Å². The Labute approximate surface area is 214 Å². The lowest BCUT2D eigenvalue weighted by Crippen LogP contribution is -2.48. The number of piperazine rings is 1. The highest BCUT2D eigenvalue weighted by atomic mass is 35.5. The van der Waals surface area contributed by atoms with Crippen LogP contribution in [0.2, 0.25) is 10.0 Å². The molecule has 0 saturated carbocycles. The van der Waals surface area contributed by atoms with Crippen LogP contribution in [0.4, 0.5) is 10.1 Å². The molecule has 1 aliphatic heterocycles. The summed E-state index contributed by atoms with van der Waals surface area (Å²) in [6.07, 6.45) is 0. The predicted molar refractivity (Wildman–Crippen MR) is 140 cm³/mol. The number of rotatable bonds is 4. The van der Waals surface area contributed by atoms with Crippen molar-refractivity contribution in [1.82, 2.24) is 9.47 Å². The van der Waals surface area contributed by atoms with Crippen LogP contribution < -0.4 is 4.90 Å². The maximum absolute atomic E-state index is 14.1. The van der Waals surface area contributed by atoms with E-state index in [1.807, 2.05) is 77.1 Å². The van der Waals surface area contributed by atoms with Gasteiger partial charge in [0.25, 0.3) is 5.91 Å². The fourth-order valence-electron chi connectivity index (χ4n) is 4.62. The van der Waals surface area contributed by atoms with Gasteiger partial charge in [-0.3, -0.25) is 4.79 Å². The highest BCUT2D eigenvalue weighted by Crippen LogP contribution is 2.32. The molecule has 5 rings (SSSR count). The largest absolute Gasteiger partial charge is 0.368 e. The van der Waals surface area contributed by atoms with E-state index >= 15 is 0 Å². The topological polar surface area (TPSA) is 28.5 Å². The summed E-state index contributed by atoms with van der Waals surface area (Å²) in [6, 6.07) is 23.5. The van der Waals surface area contributed by atoms with Crippen molar-refractivity contribution < 1.29 is 9.18 Å². The van der Waals surface area contributed by atoms with Crippen molar-refractivity contribution >= 4 is 34.8 Å². The Bertz CT molecular complexity index is 1380. The third-order valence-electron chi connectivity index (χ3n) is 6.42. The Balaban J connectivity index is 1.46. The molecule has 0 atom stereocenters. The Morgan fingerprint density at radius 1 is 0.800 bits per heavy atom. The lowest BCUT2D eigenvalue weighted by molar-refractivity contribution is 0.0746. The van der Waals surface area contributed by atoms with Crippen LogP contribution in [-0.4, -0.2) is 41.6 Å². The first kappa shape index (κ1) is 23.5. The quantitative estimate of drug-likeness (QED) is 0.301. The van der Waals surface area contributed by atoms with Gasteiger partial charge in [0.1, 0.15) is 5.82 Å². The SMILES string of the molecule is Cc1c(C(=O)N2CCN(c3cccc(Cl)c3)CC2)cc(-c2ccc(Cl)cc2)n1-c1cccc(F)c1. The average molecular weight is 508 g/mol. The van der Waals surface area contributed by atoms with E-state index in [0.29, 0.717) is 34.4 Å². The molecule has 1 amide bonds. The number of aromatic nitrogens is 1. The molecule has 4 aromatic rings. The molecular formula is C28H24Cl2FN3O. The maximum Gasteiger partial charge on any atom is 0.255 e. The molecule has 0 spiro atoms. The molecule has 1 saturated heterocycles. The molecule has 3 aromatic carbocycles. The summed E-state index contributed by atoms with van der Waals surface area (Å²) in [5.41, 5.74) is 4.80. The molecule has 4 nitrogen and oxygen atoms in total. The van der Waals surface area contributed by atoms with Gasteiger partial charge in [0.2, 0.25) is 0 Å². The molecular weight excluding hydrogens is 484 g/mol. The number of hydrogen-bond donors (Lipinski definition) is 0. The molecule has 0 radical (unpaired) electrons. The average Bonchev–Trinajstić information content (AvgIpc) is 3.21. The van der Waals surface area contributed by atoms with Crippen molar-refractivity contribution in [3.8, 4) is 16.9 Å². The number of carbonyl (C=O) groups excluding carboxylic acids is 1. The summed E-state index contributed by atoms with van der Waals surface area (Å²) in [5, 5.41) is 1.33. The molecule has 1 fully saturated rings. The summed E-state index contributed by atoms with van der Waals surface area (Å²) >= 11 is 12.3. The number of hydrogen-bond acceptors (Lipinski definition) is 2. The van der Waals surface area contributed by atoms with Gasteiger partial charge in [-0.05, 0) is 67.1 Å². The summed E-state index contributed by atoms with van der Waals surface area (Å²) in [5.74, 6) is -0.360. The lowest BCUT2D eigenvalue weighted by atomic mass is 10.1. The third-order valence-corrected chi connectivity index (χ3v) is 6.91. The van der Waals surface area contributed by atoms with Gasteiger partial charge in [-0.25, -0.2) is 4.39 Å². The summed E-state index contributed by atoms with van der Waals surface area (Å²) in [6.45, 7) is 4.55. The van der Waals surface area contributed by atoms with Crippen molar-refractivity contribution in [3.63, 3.8) is 0 Å². The van der Waals surface area contributed by atoms with Crippen LogP contribution in [0.15, 0.2) is 78.9 Å². The van der Waals surface area contributed by atoms with Gasteiger partial charge in [0.05, 0.1) is 11.3 Å². The lowest BCUT2D eigenvalue weighted by Gasteiger charge is -2.36. The zero-order valence-electron chi connectivity index (χ0n) is 19.2. The fourth-order valence-corrected chi connectivity index (χ4v) is 4.93. The van der Waals surface area contributed by atoms with Crippen molar-refractivity contribution in [2.24, 2.45) is 0 Å². The van der Waals surface area contributed by atoms with Gasteiger partial charge in [-0.1, -0.05) is 47.5 Å². The summed E-state index contributed by atoms with van der Waals surface area (Å²) in [7, 11) is 0. The number of amides is 1. The summed E-state index contributed by atoms with van der Waals surface area (Å²) < 4.78 is 16.0. The zero-order chi connectivity index (χ0) is 24.5. The van der Waals surface area contributed by atoms with E-state index in [1.54, 1.807) is 6.07 Å². The first-order valence-electron chi connectivity index (χ1n) is 11.4. The highest BCUT2D eigenvalue weighted by molar-refractivity contribution is 6.31. The van der Waals surface area contributed by atoms with Gasteiger partial charge in [0, 0.05) is 53.3 Å². The van der Waals surface area contributed by atoms with Crippen LogP contribution in [0, 0.1) is 12.7 Å². The first-order chi connectivity index (χ1) is 16.9. The van der Waals surface area contributed by atoms with E-state index < -0.39 is 0 Å². The van der Waals surface area contributed by atoms with Crippen LogP contribution in [0.5, 0.6) is 0 Å². The second kappa shape index (κ2) is 9.76. The monoisotopic (exact) mass is 507 g/mol. The minimum atomic E-state index is -0.331. The van der Waals surface area contributed by atoms with Crippen molar-refractivity contribution in [2.45, 2.75) is 6.92 Å². The maximum atomic E-state index is 14.1. The molecule has 0 bridgehead atoms. The number of benzene rings is 3. The second-order valence-electron chi connectivity index (χ2n) is 8.61. The number of halogens is 3. The third kappa shape index (κ3) is 4.79. The molecule has 7 heteroatoms. The standard InChI is InChI=1S/C28H24Cl2FN3O/c1-19-26(28(35)33-14-12-32(13-15-33)24-6-2-4-22(30)16-24)18-27(20-8-10-21(29)11-9-20)34(19)25-7-3-5-23(31)17-25/h2-11,16-18H,12-15H2,1H3. The molecule has 2 heterocycles. The van der Waals surface area contributed by atoms with E-state index in [2.05, 4.69) is 4.90 Å². The molecule has 0 unspecified atom stereocenters. The first-order valence-corrected chi connectivity index (χ1v) is 12.2. The number of nitrogens with zero attached hydrogens (tertiary/aromatic N) is 3.